The van der Waals surface area contributed by atoms with Crippen molar-refractivity contribution >= 4 is 11.8 Å². The van der Waals surface area contributed by atoms with Gasteiger partial charge in [0.1, 0.15) is 0 Å². The maximum atomic E-state index is 14.1. The molecule has 1 aromatic heterocycles. The van der Waals surface area contributed by atoms with Crippen molar-refractivity contribution in [3.05, 3.63) is 30.1 Å². The molecule has 6 aliphatic rings. The van der Waals surface area contributed by atoms with E-state index in [0.717, 1.165) is 69.8 Å². The van der Waals surface area contributed by atoms with Gasteiger partial charge in [0.2, 0.25) is 11.8 Å². The quantitative estimate of drug-likeness (QED) is 0.500. The summed E-state index contributed by atoms with van der Waals surface area (Å²) in [5.74, 6) is 1.62. The molecule has 6 unspecified atom stereocenters. The number of hydrogen-bond acceptors (Lipinski definition) is 5. The Morgan fingerprint density at radius 3 is 2.36 bits per heavy atom. The maximum Gasteiger partial charge on any atom is 0.227 e. The van der Waals surface area contributed by atoms with Gasteiger partial charge in [0, 0.05) is 34.9 Å². The van der Waals surface area contributed by atoms with Gasteiger partial charge in [0.15, 0.2) is 0 Å². The summed E-state index contributed by atoms with van der Waals surface area (Å²) in [6, 6.07) is 4.15. The summed E-state index contributed by atoms with van der Waals surface area (Å²) in [7, 11) is 0. The van der Waals surface area contributed by atoms with Gasteiger partial charge in [-0.3, -0.25) is 14.6 Å². The van der Waals surface area contributed by atoms with Crippen molar-refractivity contribution in [2.24, 2.45) is 57.6 Å². The van der Waals surface area contributed by atoms with Crippen LogP contribution < -0.4 is 22.5 Å². The Kier molecular flexibility index (Phi) is 5.41. The van der Waals surface area contributed by atoms with Gasteiger partial charge in [-0.05, 0) is 119 Å². The number of nitrogens with zero attached hydrogens (tertiary/aromatic N) is 1. The summed E-state index contributed by atoms with van der Waals surface area (Å²) >= 11 is 0. The van der Waals surface area contributed by atoms with Crippen molar-refractivity contribution < 1.29 is 9.59 Å². The first kappa shape index (κ1) is 24.4. The summed E-state index contributed by atoms with van der Waals surface area (Å²) in [5.41, 5.74) is 19.2. The van der Waals surface area contributed by atoms with Gasteiger partial charge in [-0.25, -0.2) is 0 Å². The van der Waals surface area contributed by atoms with Crippen molar-refractivity contribution in [2.75, 3.05) is 0 Å². The predicted octanol–water partition coefficient (Wildman–Crippen LogP) is 2.97. The molecule has 0 spiro atoms. The molecule has 6 bridgehead atoms. The van der Waals surface area contributed by atoms with Crippen LogP contribution in [-0.4, -0.2) is 28.4 Å². The van der Waals surface area contributed by atoms with E-state index in [2.05, 4.69) is 30.2 Å². The Bertz CT molecular complexity index is 1040. The van der Waals surface area contributed by atoms with E-state index in [-0.39, 0.29) is 35.1 Å². The van der Waals surface area contributed by atoms with E-state index in [1.54, 1.807) is 6.20 Å². The number of amides is 2. The average molecular weight is 494 g/mol. The highest BCUT2D eigenvalue weighted by molar-refractivity contribution is 5.84. The second-order valence-corrected chi connectivity index (χ2v) is 13.8. The van der Waals surface area contributed by atoms with Crippen LogP contribution in [0.2, 0.25) is 0 Å². The molecule has 7 rings (SSSR count). The van der Waals surface area contributed by atoms with Gasteiger partial charge in [-0.1, -0.05) is 6.07 Å². The van der Waals surface area contributed by atoms with Gasteiger partial charge in [0.05, 0.1) is 5.41 Å². The summed E-state index contributed by atoms with van der Waals surface area (Å²) in [5, 5.41) is 3.51. The molecule has 6 atom stereocenters. The largest absolute Gasteiger partial charge is 0.369 e. The maximum absolute atomic E-state index is 14.1. The molecule has 1 aromatic rings. The number of fused-ring (bicyclic) bond motifs is 2. The number of aromatic nitrogens is 1. The predicted molar refractivity (Wildman–Crippen MR) is 138 cm³/mol. The van der Waals surface area contributed by atoms with Crippen molar-refractivity contribution in [2.45, 2.75) is 95.2 Å². The molecular formula is C29H43N5O2. The molecule has 7 nitrogen and oxygen atoms in total. The van der Waals surface area contributed by atoms with E-state index in [1.807, 2.05) is 12.3 Å². The zero-order valence-corrected chi connectivity index (χ0v) is 21.8. The number of primary amides is 1. The lowest BCUT2D eigenvalue weighted by atomic mass is 9.47. The SMILES string of the molecule is CC(C)(C(=O)NC1C2CC3CC1CC(C(N)=O)(C3)C2)C1(N)C2CCC1CC(N)(c1cccnc1)CC2. The number of carbonyl (C=O) groups excluding carboxylic acids is 2. The van der Waals surface area contributed by atoms with E-state index in [1.165, 1.54) is 0 Å². The Labute approximate surface area is 214 Å². The summed E-state index contributed by atoms with van der Waals surface area (Å²) in [4.78, 5) is 30.8. The first-order valence-corrected chi connectivity index (χ1v) is 14.1. The van der Waals surface area contributed by atoms with E-state index >= 15 is 0 Å². The molecule has 196 valence electrons. The highest BCUT2D eigenvalue weighted by Crippen LogP contribution is 2.61. The van der Waals surface area contributed by atoms with Crippen LogP contribution in [0.3, 0.4) is 0 Å². The summed E-state index contributed by atoms with van der Waals surface area (Å²) in [6.07, 6.45) is 13.1. The molecule has 0 radical (unpaired) electrons. The monoisotopic (exact) mass is 493 g/mol. The molecule has 2 amide bonds. The second-order valence-electron chi connectivity index (χ2n) is 13.8. The highest BCUT2D eigenvalue weighted by Gasteiger charge is 2.63. The van der Waals surface area contributed by atoms with E-state index in [0.29, 0.717) is 17.8 Å². The Morgan fingerprint density at radius 2 is 1.72 bits per heavy atom. The van der Waals surface area contributed by atoms with Crippen LogP contribution in [0, 0.1) is 40.4 Å². The van der Waals surface area contributed by atoms with Crippen LogP contribution in [0.15, 0.2) is 24.5 Å². The van der Waals surface area contributed by atoms with Crippen molar-refractivity contribution in [3.8, 4) is 0 Å². The van der Waals surface area contributed by atoms with E-state index in [9.17, 15) is 9.59 Å². The highest BCUT2D eigenvalue weighted by atomic mass is 16.2. The third-order valence-electron chi connectivity index (χ3n) is 11.7. The lowest BCUT2D eigenvalue weighted by molar-refractivity contribution is -0.150. The van der Waals surface area contributed by atoms with Crippen LogP contribution in [0.25, 0.3) is 0 Å². The third kappa shape index (κ3) is 3.34. The normalized spacial score (nSPS) is 45.3. The lowest BCUT2D eigenvalue weighted by Crippen LogP contribution is -2.68. The van der Waals surface area contributed by atoms with Gasteiger partial charge < -0.3 is 22.5 Å². The van der Waals surface area contributed by atoms with Crippen molar-refractivity contribution in [3.63, 3.8) is 0 Å². The number of nitrogens with one attached hydrogen (secondary N) is 1. The first-order chi connectivity index (χ1) is 17.0. The summed E-state index contributed by atoms with van der Waals surface area (Å²) < 4.78 is 0. The number of carbonyl (C=O) groups is 2. The minimum absolute atomic E-state index is 0.0680. The molecular weight excluding hydrogens is 450 g/mol. The molecule has 0 aliphatic heterocycles. The molecule has 6 saturated carbocycles. The Morgan fingerprint density at radius 1 is 1.03 bits per heavy atom. The van der Waals surface area contributed by atoms with Crippen LogP contribution >= 0.6 is 0 Å². The van der Waals surface area contributed by atoms with Gasteiger partial charge in [0.25, 0.3) is 0 Å². The molecule has 6 fully saturated rings. The fourth-order valence-electron chi connectivity index (χ4n) is 9.87. The number of pyridine rings is 1. The minimum Gasteiger partial charge on any atom is -0.369 e. The zero-order chi connectivity index (χ0) is 25.5. The fraction of sp³-hybridized carbons (Fsp3) is 0.759. The van der Waals surface area contributed by atoms with Crippen LogP contribution in [0.1, 0.15) is 83.6 Å². The van der Waals surface area contributed by atoms with E-state index in [4.69, 9.17) is 17.2 Å². The topological polar surface area (TPSA) is 137 Å². The molecule has 7 N–H and O–H groups in total. The van der Waals surface area contributed by atoms with Crippen LogP contribution in [-0.2, 0) is 15.1 Å². The zero-order valence-electron chi connectivity index (χ0n) is 21.8. The van der Waals surface area contributed by atoms with Crippen molar-refractivity contribution in [1.29, 1.82) is 0 Å². The summed E-state index contributed by atoms with van der Waals surface area (Å²) in [6.45, 7) is 4.12. The van der Waals surface area contributed by atoms with Gasteiger partial charge >= 0.3 is 0 Å². The molecule has 36 heavy (non-hydrogen) atoms. The third-order valence-corrected chi connectivity index (χ3v) is 11.7. The minimum atomic E-state index is -0.727. The standard InChI is InChI=1S/C29H43N5O2/c1-26(2,25(36)34-23-18-10-17-11-19(23)14-27(12-17,13-18)24(30)35)29(32)20-5-6-21(29)15-28(31,8-7-20)22-4-3-9-33-16-22/h3-4,9,16-21,23H,5-8,10-15,31-32H2,1-2H3,(H2,30,35)(H,34,36). The first-order valence-electron chi connectivity index (χ1n) is 14.1. The lowest BCUT2D eigenvalue weighted by Gasteiger charge is -2.59. The number of rotatable bonds is 5. The molecule has 7 heteroatoms. The van der Waals surface area contributed by atoms with Gasteiger partial charge in [-0.2, -0.15) is 0 Å². The second kappa shape index (κ2) is 8.00. The molecule has 0 aromatic carbocycles. The molecule has 0 saturated heterocycles. The Hall–Kier alpha value is -1.99. The molecule has 1 heterocycles. The Balaban J connectivity index is 1.24. The van der Waals surface area contributed by atoms with Gasteiger partial charge in [-0.15, -0.1) is 0 Å². The van der Waals surface area contributed by atoms with E-state index < -0.39 is 16.5 Å². The van der Waals surface area contributed by atoms with Crippen molar-refractivity contribution in [1.82, 2.24) is 10.3 Å². The smallest absolute Gasteiger partial charge is 0.227 e. The van der Waals surface area contributed by atoms with Crippen LogP contribution in [0.4, 0.5) is 0 Å². The molecule has 6 aliphatic carbocycles. The fourth-order valence-corrected chi connectivity index (χ4v) is 9.87. The average Bonchev–Trinajstić information content (AvgIpc) is 3.09. The van der Waals surface area contributed by atoms with Crippen LogP contribution in [0.5, 0.6) is 0 Å². The number of nitrogens with two attached hydrogens (primary N) is 3. The number of hydrogen-bond donors (Lipinski definition) is 4.